The molecule has 256 valence electrons. The highest BCUT2D eigenvalue weighted by atomic mass is 15.2. The maximum atomic E-state index is 2.73. The summed E-state index contributed by atoms with van der Waals surface area (Å²) in [5.41, 5.74) is 23.8. The summed E-state index contributed by atoms with van der Waals surface area (Å²) in [5.74, 6) is 3.82. The molecule has 2 spiro atoms. The average Bonchev–Trinajstić information content (AvgIpc) is 3.87. The minimum atomic E-state index is -0.134. The standard InChI is InChI=1S/C52H43N/c1-50(2)41-14-6-3-11-35(41)39-26-46-48(27-44(39)50)53(47-17-9-13-38-40-28-51(46,49(38)47)42-15-7-4-12-36(40)42)33-18-19-37-34-10-5-8-16-43(34)52(45(37)25-33)31-21-29-20-30(23-31)24-32(52)22-29/h3-19,25-27,29-32,40H,20-24,28H2,1-2H3. The number of hydrogen-bond donors (Lipinski definition) is 0. The Morgan fingerprint density at radius 3 is 1.94 bits per heavy atom. The van der Waals surface area contributed by atoms with E-state index in [1.54, 1.807) is 22.3 Å². The third-order valence-corrected chi connectivity index (χ3v) is 16.6. The van der Waals surface area contributed by atoms with E-state index >= 15 is 0 Å². The van der Waals surface area contributed by atoms with Gasteiger partial charge in [0.15, 0.2) is 0 Å². The summed E-state index contributed by atoms with van der Waals surface area (Å²) in [6, 6.07) is 48.5. The normalized spacial score (nSPS) is 31.2. The van der Waals surface area contributed by atoms with Gasteiger partial charge >= 0.3 is 0 Å². The number of hydrogen-bond acceptors (Lipinski definition) is 1. The van der Waals surface area contributed by atoms with Crippen molar-refractivity contribution in [2.75, 3.05) is 4.90 Å². The van der Waals surface area contributed by atoms with E-state index < -0.39 is 0 Å². The van der Waals surface area contributed by atoms with Crippen LogP contribution in [0.5, 0.6) is 0 Å². The smallest absolute Gasteiger partial charge is 0.0509 e. The Labute approximate surface area is 312 Å². The maximum absolute atomic E-state index is 2.73. The monoisotopic (exact) mass is 681 g/mol. The molecule has 53 heavy (non-hydrogen) atoms. The molecule has 9 aliphatic rings. The molecule has 1 heterocycles. The Balaban J connectivity index is 1.06. The molecule has 1 aliphatic heterocycles. The summed E-state index contributed by atoms with van der Waals surface area (Å²) >= 11 is 0. The number of benzene rings is 6. The third kappa shape index (κ3) is 3.02. The van der Waals surface area contributed by atoms with E-state index in [-0.39, 0.29) is 16.2 Å². The van der Waals surface area contributed by atoms with Crippen molar-refractivity contribution in [3.63, 3.8) is 0 Å². The van der Waals surface area contributed by atoms with E-state index in [1.807, 2.05) is 0 Å². The van der Waals surface area contributed by atoms with Crippen LogP contribution in [0.3, 0.4) is 0 Å². The molecule has 0 radical (unpaired) electrons. The summed E-state index contributed by atoms with van der Waals surface area (Å²) in [6.07, 6.45) is 8.27. The molecule has 15 rings (SSSR count). The predicted octanol–water partition coefficient (Wildman–Crippen LogP) is 12.7. The zero-order valence-electron chi connectivity index (χ0n) is 30.6. The molecule has 2 atom stereocenters. The van der Waals surface area contributed by atoms with E-state index in [0.29, 0.717) is 5.92 Å². The van der Waals surface area contributed by atoms with Crippen molar-refractivity contribution in [3.05, 3.63) is 171 Å². The van der Waals surface area contributed by atoms with Gasteiger partial charge in [-0.25, -0.2) is 0 Å². The van der Waals surface area contributed by atoms with E-state index in [2.05, 4.69) is 140 Å². The lowest BCUT2D eigenvalue weighted by atomic mass is 9.43. The second-order valence-corrected chi connectivity index (χ2v) is 18.9. The Morgan fingerprint density at radius 2 is 1.15 bits per heavy atom. The van der Waals surface area contributed by atoms with Crippen molar-refractivity contribution >= 4 is 17.1 Å². The molecule has 4 saturated carbocycles. The molecule has 4 fully saturated rings. The molecule has 0 amide bonds. The second-order valence-electron chi connectivity index (χ2n) is 18.9. The van der Waals surface area contributed by atoms with Crippen molar-refractivity contribution in [2.45, 2.75) is 74.5 Å². The lowest BCUT2D eigenvalue weighted by molar-refractivity contribution is -0.0399. The van der Waals surface area contributed by atoms with Crippen molar-refractivity contribution in [2.24, 2.45) is 23.7 Å². The Kier molecular flexibility index (Phi) is 4.89. The van der Waals surface area contributed by atoms with Gasteiger partial charge in [0, 0.05) is 22.4 Å². The number of rotatable bonds is 1. The average molecular weight is 682 g/mol. The van der Waals surface area contributed by atoms with Gasteiger partial charge in [0.1, 0.15) is 0 Å². The Hall–Kier alpha value is -4.88. The molecule has 1 nitrogen and oxygen atoms in total. The highest BCUT2D eigenvalue weighted by Gasteiger charge is 2.62. The van der Waals surface area contributed by atoms with Crippen LogP contribution in [0.2, 0.25) is 0 Å². The first kappa shape index (κ1) is 28.6. The van der Waals surface area contributed by atoms with Crippen molar-refractivity contribution in [1.29, 1.82) is 0 Å². The SMILES string of the molecule is CC1(C)c2ccccc2-c2cc3c(cc21)N(c1ccc2c(c1)C1(c4ccccc4-2)C2CC4CC(C2)CC1C4)c1cccc2c1C31CC2c2ccccc21. The van der Waals surface area contributed by atoms with Gasteiger partial charge in [-0.1, -0.05) is 105 Å². The molecule has 0 aromatic heterocycles. The summed E-state index contributed by atoms with van der Waals surface area (Å²) in [7, 11) is 0. The molecule has 6 aromatic rings. The van der Waals surface area contributed by atoms with Crippen LogP contribution >= 0.6 is 0 Å². The first-order chi connectivity index (χ1) is 26.0. The van der Waals surface area contributed by atoms with Crippen LogP contribution in [0.4, 0.5) is 17.1 Å². The van der Waals surface area contributed by atoms with Crippen LogP contribution in [0.15, 0.2) is 121 Å². The van der Waals surface area contributed by atoms with E-state index in [9.17, 15) is 0 Å². The van der Waals surface area contributed by atoms with Crippen LogP contribution < -0.4 is 4.90 Å². The van der Waals surface area contributed by atoms with Crippen LogP contribution in [-0.2, 0) is 16.2 Å². The summed E-state index contributed by atoms with van der Waals surface area (Å²) in [6.45, 7) is 4.89. The fourth-order valence-electron chi connectivity index (χ4n) is 15.1. The fourth-order valence-corrected chi connectivity index (χ4v) is 15.1. The van der Waals surface area contributed by atoms with Gasteiger partial charge in [-0.3, -0.25) is 0 Å². The molecule has 0 saturated heterocycles. The van der Waals surface area contributed by atoms with E-state index in [4.69, 9.17) is 0 Å². The predicted molar refractivity (Wildman–Crippen MR) is 215 cm³/mol. The van der Waals surface area contributed by atoms with Crippen LogP contribution in [0.25, 0.3) is 22.3 Å². The zero-order valence-corrected chi connectivity index (χ0v) is 30.6. The van der Waals surface area contributed by atoms with Gasteiger partial charge in [-0.05, 0) is 165 Å². The summed E-state index contributed by atoms with van der Waals surface area (Å²) in [5, 5.41) is 0. The van der Waals surface area contributed by atoms with Crippen molar-refractivity contribution in [1.82, 2.24) is 0 Å². The second kappa shape index (κ2) is 9.07. The van der Waals surface area contributed by atoms with Crippen LogP contribution in [0, 0.1) is 23.7 Å². The number of fused-ring (bicyclic) bond motifs is 11. The highest BCUT2D eigenvalue weighted by Crippen LogP contribution is 2.72. The molecule has 8 aliphatic carbocycles. The molecule has 6 bridgehead atoms. The maximum Gasteiger partial charge on any atom is 0.0509 e. The lowest BCUT2D eigenvalue weighted by Crippen LogP contribution is -2.55. The largest absolute Gasteiger partial charge is 0.310 e. The summed E-state index contributed by atoms with van der Waals surface area (Å²) < 4.78 is 0. The van der Waals surface area contributed by atoms with Crippen LogP contribution in [0.1, 0.15) is 108 Å². The Bertz CT molecular complexity index is 2650. The highest BCUT2D eigenvalue weighted by molar-refractivity contribution is 5.96. The van der Waals surface area contributed by atoms with Crippen LogP contribution in [-0.4, -0.2) is 0 Å². The molecule has 1 heteroatoms. The molecule has 6 aromatic carbocycles. The van der Waals surface area contributed by atoms with E-state index in [0.717, 1.165) is 30.1 Å². The van der Waals surface area contributed by atoms with Crippen molar-refractivity contribution in [3.8, 4) is 22.3 Å². The van der Waals surface area contributed by atoms with Gasteiger partial charge in [0.05, 0.1) is 16.8 Å². The molecular formula is C52H43N. The fraction of sp³-hybridized carbons (Fsp3) is 0.308. The quantitative estimate of drug-likeness (QED) is 0.167. The number of nitrogens with zero attached hydrogens (tertiary/aromatic N) is 1. The molecule has 0 N–H and O–H groups in total. The summed E-state index contributed by atoms with van der Waals surface area (Å²) in [4.78, 5) is 2.73. The van der Waals surface area contributed by atoms with Gasteiger partial charge < -0.3 is 4.90 Å². The van der Waals surface area contributed by atoms with Crippen molar-refractivity contribution < 1.29 is 0 Å². The molecular weight excluding hydrogens is 639 g/mol. The zero-order chi connectivity index (χ0) is 34.6. The first-order valence-electron chi connectivity index (χ1n) is 20.5. The molecule has 2 unspecified atom stereocenters. The topological polar surface area (TPSA) is 3.24 Å². The van der Waals surface area contributed by atoms with Gasteiger partial charge in [-0.15, -0.1) is 0 Å². The number of anilines is 3. The lowest BCUT2D eigenvalue weighted by Gasteiger charge is -2.61. The first-order valence-corrected chi connectivity index (χ1v) is 20.5. The minimum Gasteiger partial charge on any atom is -0.310 e. The van der Waals surface area contributed by atoms with Gasteiger partial charge in [-0.2, -0.15) is 0 Å². The van der Waals surface area contributed by atoms with E-state index in [1.165, 1.54) is 99.2 Å². The Morgan fingerprint density at radius 1 is 0.491 bits per heavy atom. The van der Waals surface area contributed by atoms with Gasteiger partial charge in [0.2, 0.25) is 0 Å². The third-order valence-electron chi connectivity index (χ3n) is 16.6. The minimum absolute atomic E-state index is 0.0672. The van der Waals surface area contributed by atoms with Gasteiger partial charge in [0.25, 0.3) is 0 Å².